The van der Waals surface area contributed by atoms with Crippen molar-refractivity contribution in [2.75, 3.05) is 24.1 Å². The maximum atomic E-state index is 14.9. The molecule has 0 spiro atoms. The Hall–Kier alpha value is -2.63. The number of carbonyl (C=O) groups is 2. The third-order valence-corrected chi connectivity index (χ3v) is 6.61. The molecule has 0 unspecified atom stereocenters. The molecule has 1 aliphatic carbocycles. The first-order chi connectivity index (χ1) is 16.1. The van der Waals surface area contributed by atoms with E-state index in [9.17, 15) is 32.3 Å². The lowest BCUT2D eigenvalue weighted by atomic mass is 9.78. The largest absolute Gasteiger partial charge is 0.444 e. The van der Waals surface area contributed by atoms with Crippen LogP contribution in [0.25, 0.3) is 0 Å². The van der Waals surface area contributed by atoms with Gasteiger partial charge in [-0.3, -0.25) is 4.79 Å². The highest BCUT2D eigenvalue weighted by atomic mass is 19.4. The quantitative estimate of drug-likeness (QED) is 0.527. The molecule has 3 rings (SSSR count). The van der Waals surface area contributed by atoms with E-state index in [1.54, 1.807) is 20.8 Å². The van der Waals surface area contributed by atoms with Gasteiger partial charge >= 0.3 is 12.3 Å². The molecule has 196 valence electrons. The number of amides is 2. The molecule has 0 atom stereocenters. The van der Waals surface area contributed by atoms with Gasteiger partial charge in [-0.1, -0.05) is 0 Å². The van der Waals surface area contributed by atoms with Crippen LogP contribution in [0.4, 0.5) is 33.9 Å². The number of rotatable bonds is 3. The van der Waals surface area contributed by atoms with Gasteiger partial charge in [-0.15, -0.1) is 0 Å². The summed E-state index contributed by atoms with van der Waals surface area (Å²) in [4.78, 5) is 30.5. The van der Waals surface area contributed by atoms with Gasteiger partial charge in [-0.2, -0.15) is 13.2 Å². The second-order valence-corrected chi connectivity index (χ2v) is 10.3. The summed E-state index contributed by atoms with van der Waals surface area (Å²) in [7, 11) is 0. The smallest absolute Gasteiger partial charge is 0.417 e. The van der Waals surface area contributed by atoms with Crippen LogP contribution < -0.4 is 11.1 Å². The topological polar surface area (TPSA) is 118 Å². The van der Waals surface area contributed by atoms with Crippen molar-refractivity contribution in [3.05, 3.63) is 17.6 Å². The van der Waals surface area contributed by atoms with E-state index in [0.717, 1.165) is 6.20 Å². The van der Waals surface area contributed by atoms with E-state index >= 15 is 0 Å². The van der Waals surface area contributed by atoms with Gasteiger partial charge in [0, 0.05) is 24.6 Å². The predicted octanol–water partition coefficient (Wildman–Crippen LogP) is 4.34. The predicted molar refractivity (Wildman–Crippen MR) is 120 cm³/mol. The van der Waals surface area contributed by atoms with Crippen LogP contribution in [0.15, 0.2) is 6.20 Å². The summed E-state index contributed by atoms with van der Waals surface area (Å²) in [5.41, 5.74) is 2.66. The molecule has 2 fully saturated rings. The van der Waals surface area contributed by atoms with Crippen LogP contribution in [-0.2, 0) is 9.53 Å². The lowest BCUT2D eigenvalue weighted by molar-refractivity contribution is -0.271. The number of hydrogen-bond donors (Lipinski definition) is 3. The zero-order valence-electron chi connectivity index (χ0n) is 20.0. The monoisotopic (exact) mass is 504 g/mol. The summed E-state index contributed by atoms with van der Waals surface area (Å²) in [5, 5.41) is 12.4. The number of alkyl halides is 3. The number of piperidine rings is 1. The Morgan fingerprint density at radius 1 is 1.17 bits per heavy atom. The van der Waals surface area contributed by atoms with Gasteiger partial charge in [0.2, 0.25) is 5.91 Å². The second-order valence-electron chi connectivity index (χ2n) is 10.3. The highest BCUT2D eigenvalue weighted by molar-refractivity contribution is 5.96. The standard InChI is InChI=1S/C23H32F4N4O4/c1-21(2,3)35-20(33)31-10-6-13(7-11-31)16-15(24)12-29-18(28)17(16)30-19(32)14-4-8-22(34,9-5-14)23(25,26)27/h12-14,34H,4-11H2,1-3H3,(H2,28,29)(H,30,32). The van der Waals surface area contributed by atoms with Gasteiger partial charge in [0.15, 0.2) is 5.60 Å². The number of nitrogens with one attached hydrogen (secondary N) is 1. The molecule has 8 nitrogen and oxygen atoms in total. The number of hydrogen-bond acceptors (Lipinski definition) is 6. The van der Waals surface area contributed by atoms with Crippen molar-refractivity contribution >= 4 is 23.5 Å². The van der Waals surface area contributed by atoms with Gasteiger partial charge in [-0.05, 0) is 65.2 Å². The van der Waals surface area contributed by atoms with E-state index in [1.807, 2.05) is 0 Å². The fourth-order valence-corrected chi connectivity index (χ4v) is 4.59. The van der Waals surface area contributed by atoms with Crippen LogP contribution in [0, 0.1) is 11.7 Å². The number of nitrogens with two attached hydrogens (primary N) is 1. The van der Waals surface area contributed by atoms with Crippen LogP contribution in [0.1, 0.15) is 70.8 Å². The van der Waals surface area contributed by atoms with Gasteiger partial charge in [0.25, 0.3) is 0 Å². The fourth-order valence-electron chi connectivity index (χ4n) is 4.59. The van der Waals surface area contributed by atoms with Gasteiger partial charge in [0.05, 0.1) is 11.9 Å². The SMILES string of the molecule is CC(C)(C)OC(=O)N1CCC(c2c(F)cnc(N)c2NC(=O)C2CCC(O)(C(F)(F)F)CC2)CC1. The van der Waals surface area contributed by atoms with Crippen LogP contribution in [-0.4, -0.2) is 57.5 Å². The molecule has 1 aromatic heterocycles. The number of nitrogens with zero attached hydrogens (tertiary/aromatic N) is 2. The summed E-state index contributed by atoms with van der Waals surface area (Å²) >= 11 is 0. The molecule has 4 N–H and O–H groups in total. The van der Waals surface area contributed by atoms with Crippen LogP contribution >= 0.6 is 0 Å². The molecule has 0 aromatic carbocycles. The Morgan fingerprint density at radius 3 is 2.26 bits per heavy atom. The molecule has 1 saturated carbocycles. The minimum absolute atomic E-state index is 0.00220. The highest BCUT2D eigenvalue weighted by Crippen LogP contribution is 2.44. The molecule has 2 heterocycles. The molecular weight excluding hydrogens is 472 g/mol. The molecule has 35 heavy (non-hydrogen) atoms. The summed E-state index contributed by atoms with van der Waals surface area (Å²) in [6.07, 6.45) is -5.02. The molecule has 1 aromatic rings. The number of likely N-dealkylation sites (tertiary alicyclic amines) is 1. The maximum Gasteiger partial charge on any atom is 0.417 e. The number of ether oxygens (including phenoxy) is 1. The summed E-state index contributed by atoms with van der Waals surface area (Å²) in [5.74, 6) is -2.52. The molecule has 0 radical (unpaired) electrons. The minimum atomic E-state index is -4.77. The molecule has 2 aliphatic rings. The van der Waals surface area contributed by atoms with E-state index in [0.29, 0.717) is 25.9 Å². The van der Waals surface area contributed by atoms with E-state index in [4.69, 9.17) is 10.5 Å². The molecule has 0 bridgehead atoms. The van der Waals surface area contributed by atoms with Crippen LogP contribution in [0.2, 0.25) is 0 Å². The van der Waals surface area contributed by atoms with Crippen molar-refractivity contribution in [2.45, 2.75) is 82.6 Å². The Balaban J connectivity index is 1.70. The average molecular weight is 505 g/mol. The number of aliphatic hydroxyl groups is 1. The molecule has 12 heteroatoms. The zero-order chi connectivity index (χ0) is 26.2. The maximum absolute atomic E-state index is 14.9. The van der Waals surface area contributed by atoms with Crippen molar-refractivity contribution < 1.29 is 37.0 Å². The normalized spacial score (nSPS) is 24.2. The van der Waals surface area contributed by atoms with E-state index in [1.165, 1.54) is 4.90 Å². The Kier molecular flexibility index (Phi) is 7.54. The van der Waals surface area contributed by atoms with Gasteiger partial charge in [0.1, 0.15) is 17.2 Å². The Morgan fingerprint density at radius 2 is 1.74 bits per heavy atom. The molecule has 1 saturated heterocycles. The van der Waals surface area contributed by atoms with Crippen molar-refractivity contribution in [3.8, 4) is 0 Å². The van der Waals surface area contributed by atoms with Crippen molar-refractivity contribution in [3.63, 3.8) is 0 Å². The van der Waals surface area contributed by atoms with E-state index in [2.05, 4.69) is 10.3 Å². The number of anilines is 2. The lowest BCUT2D eigenvalue weighted by Gasteiger charge is -2.37. The first-order valence-corrected chi connectivity index (χ1v) is 11.6. The van der Waals surface area contributed by atoms with E-state index in [-0.39, 0.29) is 35.8 Å². The number of halogens is 4. The molecule has 2 amide bonds. The lowest BCUT2D eigenvalue weighted by Crippen LogP contribution is -2.48. The second kappa shape index (κ2) is 9.79. The van der Waals surface area contributed by atoms with Gasteiger partial charge in [-0.25, -0.2) is 14.2 Å². The average Bonchev–Trinajstić information content (AvgIpc) is 2.75. The summed E-state index contributed by atoms with van der Waals surface area (Å²) in [6, 6.07) is 0. The number of nitrogen functional groups attached to an aromatic ring is 1. The third kappa shape index (κ3) is 6.14. The summed E-state index contributed by atoms with van der Waals surface area (Å²) < 4.78 is 59.5. The number of aromatic nitrogens is 1. The third-order valence-electron chi connectivity index (χ3n) is 6.61. The van der Waals surface area contributed by atoms with Crippen LogP contribution in [0.5, 0.6) is 0 Å². The van der Waals surface area contributed by atoms with Crippen molar-refractivity contribution in [1.82, 2.24) is 9.88 Å². The zero-order valence-corrected chi connectivity index (χ0v) is 20.0. The summed E-state index contributed by atoms with van der Waals surface area (Å²) in [6.45, 7) is 5.91. The minimum Gasteiger partial charge on any atom is -0.444 e. The Bertz CT molecular complexity index is 948. The Labute approximate surface area is 201 Å². The van der Waals surface area contributed by atoms with Crippen LogP contribution in [0.3, 0.4) is 0 Å². The number of pyridine rings is 1. The first kappa shape index (κ1) is 27.0. The number of carbonyl (C=O) groups excluding carboxylic acids is 2. The fraction of sp³-hybridized carbons (Fsp3) is 0.696. The molecular formula is C23H32F4N4O4. The van der Waals surface area contributed by atoms with Gasteiger partial charge < -0.3 is 25.8 Å². The van der Waals surface area contributed by atoms with Crippen molar-refractivity contribution in [2.24, 2.45) is 5.92 Å². The first-order valence-electron chi connectivity index (χ1n) is 11.6. The van der Waals surface area contributed by atoms with E-state index < -0.39 is 54.0 Å². The highest BCUT2D eigenvalue weighted by Gasteiger charge is 2.55. The van der Waals surface area contributed by atoms with Crippen molar-refractivity contribution in [1.29, 1.82) is 0 Å². The molecule has 1 aliphatic heterocycles.